The largest absolute Gasteiger partial charge is 0.497 e. The summed E-state index contributed by atoms with van der Waals surface area (Å²) in [6.45, 7) is 4.22. The van der Waals surface area contributed by atoms with Gasteiger partial charge in [0, 0.05) is 26.6 Å². The molecule has 1 heterocycles. The number of aryl methyl sites for hydroxylation is 1. The molecule has 0 saturated carbocycles. The van der Waals surface area contributed by atoms with Crippen LogP contribution >= 0.6 is 0 Å². The monoisotopic (exact) mass is 290 g/mol. The first kappa shape index (κ1) is 15.8. The Kier molecular flexibility index (Phi) is 6.05. The summed E-state index contributed by atoms with van der Waals surface area (Å²) in [5.74, 6) is 1.08. The molecular weight excluding hydrogens is 264 g/mol. The van der Waals surface area contributed by atoms with Gasteiger partial charge in [-0.15, -0.1) is 0 Å². The second-order valence-electron chi connectivity index (χ2n) is 5.71. The van der Waals surface area contributed by atoms with Crippen LogP contribution in [-0.4, -0.2) is 56.0 Å². The number of hydrogen-bond acceptors (Lipinski definition) is 3. The van der Waals surface area contributed by atoms with Gasteiger partial charge >= 0.3 is 0 Å². The van der Waals surface area contributed by atoms with Gasteiger partial charge in [-0.05, 0) is 50.0 Å². The fourth-order valence-corrected chi connectivity index (χ4v) is 2.66. The lowest BCUT2D eigenvalue weighted by atomic mass is 10.1. The van der Waals surface area contributed by atoms with E-state index in [1.54, 1.807) is 7.11 Å². The van der Waals surface area contributed by atoms with E-state index in [2.05, 4.69) is 4.90 Å². The van der Waals surface area contributed by atoms with Gasteiger partial charge in [0.15, 0.2) is 0 Å². The average molecular weight is 290 g/mol. The van der Waals surface area contributed by atoms with Crippen molar-refractivity contribution in [2.24, 2.45) is 0 Å². The molecule has 0 N–H and O–H groups in total. The normalized spacial score (nSPS) is 15.1. The van der Waals surface area contributed by atoms with Crippen molar-refractivity contribution in [3.63, 3.8) is 0 Å². The molecule has 21 heavy (non-hydrogen) atoms. The van der Waals surface area contributed by atoms with Gasteiger partial charge in [0.2, 0.25) is 5.91 Å². The Labute approximate surface area is 127 Å². The van der Waals surface area contributed by atoms with E-state index >= 15 is 0 Å². The molecule has 2 rings (SSSR count). The molecule has 4 nitrogen and oxygen atoms in total. The number of carbonyl (C=O) groups excluding carboxylic acids is 1. The van der Waals surface area contributed by atoms with E-state index in [4.69, 9.17) is 4.74 Å². The minimum atomic E-state index is 0.227. The van der Waals surface area contributed by atoms with Gasteiger partial charge in [-0.2, -0.15) is 0 Å². The number of nitrogens with zero attached hydrogens (tertiary/aromatic N) is 2. The number of carbonyl (C=O) groups is 1. The minimum absolute atomic E-state index is 0.227. The molecule has 0 radical (unpaired) electrons. The van der Waals surface area contributed by atoms with Gasteiger partial charge in [-0.1, -0.05) is 12.1 Å². The number of ether oxygens (including phenoxy) is 1. The fraction of sp³-hybridized carbons (Fsp3) is 0.588. The SMILES string of the molecule is COc1ccc(CCC(=O)N(C)CCN2CCCC2)cc1. The Bertz CT molecular complexity index is 439. The molecule has 0 spiro atoms. The second kappa shape index (κ2) is 8.03. The van der Waals surface area contributed by atoms with Crippen molar-refractivity contribution in [2.45, 2.75) is 25.7 Å². The molecule has 116 valence electrons. The number of hydrogen-bond donors (Lipinski definition) is 0. The molecule has 0 atom stereocenters. The van der Waals surface area contributed by atoms with Crippen molar-refractivity contribution in [1.29, 1.82) is 0 Å². The van der Waals surface area contributed by atoms with Gasteiger partial charge in [0.05, 0.1) is 7.11 Å². The molecule has 1 amide bonds. The van der Waals surface area contributed by atoms with Crippen LogP contribution < -0.4 is 4.74 Å². The van der Waals surface area contributed by atoms with Crippen LogP contribution in [0.2, 0.25) is 0 Å². The first-order valence-electron chi connectivity index (χ1n) is 7.78. The molecule has 0 unspecified atom stereocenters. The second-order valence-corrected chi connectivity index (χ2v) is 5.71. The summed E-state index contributed by atoms with van der Waals surface area (Å²) in [7, 11) is 3.57. The summed E-state index contributed by atoms with van der Waals surface area (Å²) in [6.07, 6.45) is 3.96. The van der Waals surface area contributed by atoms with E-state index in [9.17, 15) is 4.79 Å². The van der Waals surface area contributed by atoms with Crippen LogP contribution in [0, 0.1) is 0 Å². The Balaban J connectivity index is 1.69. The number of rotatable bonds is 7. The Morgan fingerprint density at radius 3 is 2.52 bits per heavy atom. The van der Waals surface area contributed by atoms with Gasteiger partial charge in [0.25, 0.3) is 0 Å². The van der Waals surface area contributed by atoms with E-state index in [-0.39, 0.29) is 5.91 Å². The van der Waals surface area contributed by atoms with E-state index in [0.29, 0.717) is 6.42 Å². The highest BCUT2D eigenvalue weighted by molar-refractivity contribution is 5.76. The topological polar surface area (TPSA) is 32.8 Å². The number of likely N-dealkylation sites (N-methyl/N-ethyl adjacent to an activating group) is 1. The van der Waals surface area contributed by atoms with E-state index in [1.807, 2.05) is 36.2 Å². The van der Waals surface area contributed by atoms with Gasteiger partial charge in [-0.3, -0.25) is 4.79 Å². The smallest absolute Gasteiger partial charge is 0.222 e. The van der Waals surface area contributed by atoms with Crippen molar-refractivity contribution in [3.05, 3.63) is 29.8 Å². The van der Waals surface area contributed by atoms with Crippen LogP contribution in [0.3, 0.4) is 0 Å². The zero-order valence-corrected chi connectivity index (χ0v) is 13.2. The van der Waals surface area contributed by atoms with Crippen molar-refractivity contribution in [3.8, 4) is 5.75 Å². The maximum absolute atomic E-state index is 12.1. The third-order valence-electron chi connectivity index (χ3n) is 4.16. The number of benzene rings is 1. The van der Waals surface area contributed by atoms with Gasteiger partial charge in [0.1, 0.15) is 5.75 Å². The third-order valence-corrected chi connectivity index (χ3v) is 4.16. The molecule has 1 aromatic carbocycles. The van der Waals surface area contributed by atoms with Crippen LogP contribution in [0.4, 0.5) is 0 Å². The molecule has 1 fully saturated rings. The molecule has 1 aromatic rings. The zero-order chi connectivity index (χ0) is 15.1. The lowest BCUT2D eigenvalue weighted by Crippen LogP contribution is -2.35. The molecule has 1 aliphatic heterocycles. The summed E-state index contributed by atoms with van der Waals surface area (Å²) in [5.41, 5.74) is 1.18. The first-order valence-corrected chi connectivity index (χ1v) is 7.78. The molecular formula is C17H26N2O2. The van der Waals surface area contributed by atoms with E-state index in [1.165, 1.54) is 31.5 Å². The van der Waals surface area contributed by atoms with Crippen molar-refractivity contribution >= 4 is 5.91 Å². The summed E-state index contributed by atoms with van der Waals surface area (Å²) in [5, 5.41) is 0. The Hall–Kier alpha value is -1.55. The standard InChI is InChI=1S/C17H26N2O2/c1-18(13-14-19-11-3-4-12-19)17(20)10-7-15-5-8-16(21-2)9-6-15/h5-6,8-9H,3-4,7,10-14H2,1-2H3. The highest BCUT2D eigenvalue weighted by atomic mass is 16.5. The maximum Gasteiger partial charge on any atom is 0.222 e. The minimum Gasteiger partial charge on any atom is -0.497 e. The summed E-state index contributed by atoms with van der Waals surface area (Å²) in [4.78, 5) is 16.4. The van der Waals surface area contributed by atoms with E-state index < -0.39 is 0 Å². The maximum atomic E-state index is 12.1. The molecule has 0 aliphatic carbocycles. The van der Waals surface area contributed by atoms with Crippen molar-refractivity contribution in [1.82, 2.24) is 9.80 Å². The van der Waals surface area contributed by atoms with E-state index in [0.717, 1.165) is 25.3 Å². The molecule has 0 bridgehead atoms. The van der Waals surface area contributed by atoms with Crippen molar-refractivity contribution < 1.29 is 9.53 Å². The van der Waals surface area contributed by atoms with Crippen LogP contribution in [0.25, 0.3) is 0 Å². The van der Waals surface area contributed by atoms with Crippen LogP contribution in [0.5, 0.6) is 5.75 Å². The first-order chi connectivity index (χ1) is 10.2. The number of amides is 1. The summed E-state index contributed by atoms with van der Waals surface area (Å²) >= 11 is 0. The molecule has 1 aliphatic rings. The Morgan fingerprint density at radius 1 is 1.24 bits per heavy atom. The number of methoxy groups -OCH3 is 1. The van der Waals surface area contributed by atoms with Crippen LogP contribution in [-0.2, 0) is 11.2 Å². The number of likely N-dealkylation sites (tertiary alicyclic amines) is 1. The van der Waals surface area contributed by atoms with Gasteiger partial charge < -0.3 is 14.5 Å². The van der Waals surface area contributed by atoms with Gasteiger partial charge in [-0.25, -0.2) is 0 Å². The molecule has 4 heteroatoms. The zero-order valence-electron chi connectivity index (χ0n) is 13.2. The summed E-state index contributed by atoms with van der Waals surface area (Å²) < 4.78 is 5.13. The fourth-order valence-electron chi connectivity index (χ4n) is 2.66. The highest BCUT2D eigenvalue weighted by Crippen LogP contribution is 2.13. The van der Waals surface area contributed by atoms with Crippen LogP contribution in [0.15, 0.2) is 24.3 Å². The Morgan fingerprint density at radius 2 is 1.90 bits per heavy atom. The molecule has 1 saturated heterocycles. The predicted octanol–water partition coefficient (Wildman–Crippen LogP) is 2.18. The third kappa shape index (κ3) is 5.05. The highest BCUT2D eigenvalue weighted by Gasteiger charge is 2.14. The summed E-state index contributed by atoms with van der Waals surface area (Å²) in [6, 6.07) is 7.93. The lowest BCUT2D eigenvalue weighted by molar-refractivity contribution is -0.130. The quantitative estimate of drug-likeness (QED) is 0.771. The van der Waals surface area contributed by atoms with Crippen LogP contribution in [0.1, 0.15) is 24.8 Å². The van der Waals surface area contributed by atoms with Crippen molar-refractivity contribution in [2.75, 3.05) is 40.3 Å². The lowest BCUT2D eigenvalue weighted by Gasteiger charge is -2.21. The average Bonchev–Trinajstić information content (AvgIpc) is 3.04. The molecule has 0 aromatic heterocycles. The predicted molar refractivity (Wildman–Crippen MR) is 84.6 cm³/mol.